The van der Waals surface area contributed by atoms with Gasteiger partial charge in [-0.05, 0) is 24.9 Å². The van der Waals surface area contributed by atoms with Gasteiger partial charge in [-0.2, -0.15) is 4.31 Å². The number of rotatable bonds is 3. The van der Waals surface area contributed by atoms with Crippen LogP contribution in [0.25, 0.3) is 0 Å². The fourth-order valence-electron chi connectivity index (χ4n) is 2.68. The molecule has 0 bridgehead atoms. The number of piperazine rings is 1. The predicted molar refractivity (Wildman–Crippen MR) is 68.4 cm³/mol. The molecular weight excluding hydrogens is 238 g/mol. The monoisotopic (exact) mass is 261 g/mol. The average Bonchev–Trinajstić information content (AvgIpc) is 2.64. The minimum absolute atomic E-state index is 0.646. The molecule has 2 heterocycles. The SMILES string of the molecule is C[C@@H]1CNC[C@H]1CN1CCN(S(C)(=O)=O)CC1. The van der Waals surface area contributed by atoms with Gasteiger partial charge in [-0.1, -0.05) is 6.92 Å². The molecule has 2 atom stereocenters. The lowest BCUT2D eigenvalue weighted by molar-refractivity contribution is 0.159. The van der Waals surface area contributed by atoms with Crippen molar-refractivity contribution in [3.63, 3.8) is 0 Å². The highest BCUT2D eigenvalue weighted by Gasteiger charge is 2.28. The van der Waals surface area contributed by atoms with Crippen LogP contribution in [0.3, 0.4) is 0 Å². The van der Waals surface area contributed by atoms with E-state index < -0.39 is 10.0 Å². The lowest BCUT2D eigenvalue weighted by Crippen LogP contribution is -2.49. The van der Waals surface area contributed by atoms with Crippen LogP contribution in [0.4, 0.5) is 0 Å². The van der Waals surface area contributed by atoms with E-state index >= 15 is 0 Å². The number of hydrogen-bond acceptors (Lipinski definition) is 4. The lowest BCUT2D eigenvalue weighted by Gasteiger charge is -2.35. The fraction of sp³-hybridized carbons (Fsp3) is 1.00. The molecule has 5 nitrogen and oxygen atoms in total. The summed E-state index contributed by atoms with van der Waals surface area (Å²) in [7, 11) is -2.99. The zero-order chi connectivity index (χ0) is 12.5. The van der Waals surface area contributed by atoms with E-state index in [-0.39, 0.29) is 0 Å². The van der Waals surface area contributed by atoms with E-state index in [1.54, 1.807) is 4.31 Å². The molecule has 2 saturated heterocycles. The molecule has 2 rings (SSSR count). The van der Waals surface area contributed by atoms with Crippen molar-refractivity contribution in [1.29, 1.82) is 0 Å². The Bertz CT molecular complexity index is 350. The summed E-state index contributed by atoms with van der Waals surface area (Å²) in [6, 6.07) is 0. The predicted octanol–water partition coefficient (Wildman–Crippen LogP) is -0.581. The van der Waals surface area contributed by atoms with E-state index in [0.29, 0.717) is 13.1 Å². The highest BCUT2D eigenvalue weighted by Crippen LogP contribution is 2.18. The first-order valence-electron chi connectivity index (χ1n) is 6.35. The minimum atomic E-state index is -2.99. The second kappa shape index (κ2) is 5.22. The Morgan fingerprint density at radius 1 is 1.18 bits per heavy atom. The van der Waals surface area contributed by atoms with Gasteiger partial charge < -0.3 is 10.2 Å². The third-order valence-electron chi connectivity index (χ3n) is 3.97. The van der Waals surface area contributed by atoms with Gasteiger partial charge in [-0.15, -0.1) is 0 Å². The van der Waals surface area contributed by atoms with Crippen LogP contribution in [0, 0.1) is 11.8 Å². The second-order valence-electron chi connectivity index (χ2n) is 5.36. The Balaban J connectivity index is 1.79. The van der Waals surface area contributed by atoms with E-state index in [9.17, 15) is 8.42 Å². The van der Waals surface area contributed by atoms with Crippen molar-refractivity contribution >= 4 is 10.0 Å². The Morgan fingerprint density at radius 3 is 2.29 bits per heavy atom. The molecule has 0 aliphatic carbocycles. The smallest absolute Gasteiger partial charge is 0.211 e. The Morgan fingerprint density at radius 2 is 1.82 bits per heavy atom. The zero-order valence-electron chi connectivity index (χ0n) is 10.7. The van der Waals surface area contributed by atoms with Crippen molar-refractivity contribution in [1.82, 2.24) is 14.5 Å². The quantitative estimate of drug-likeness (QED) is 0.738. The summed E-state index contributed by atoms with van der Waals surface area (Å²) in [5, 5.41) is 3.41. The third-order valence-corrected chi connectivity index (χ3v) is 5.27. The Hall–Kier alpha value is -0.170. The van der Waals surface area contributed by atoms with E-state index in [0.717, 1.165) is 44.6 Å². The van der Waals surface area contributed by atoms with Gasteiger partial charge in [0.2, 0.25) is 10.0 Å². The van der Waals surface area contributed by atoms with E-state index in [1.165, 1.54) is 6.26 Å². The topological polar surface area (TPSA) is 52.6 Å². The van der Waals surface area contributed by atoms with Gasteiger partial charge in [0.15, 0.2) is 0 Å². The molecule has 100 valence electrons. The number of nitrogens with zero attached hydrogens (tertiary/aromatic N) is 2. The summed E-state index contributed by atoms with van der Waals surface area (Å²) in [6.45, 7) is 8.65. The molecular formula is C11H23N3O2S. The molecule has 1 N–H and O–H groups in total. The van der Waals surface area contributed by atoms with Crippen molar-refractivity contribution in [3.8, 4) is 0 Å². The van der Waals surface area contributed by atoms with Gasteiger partial charge in [-0.3, -0.25) is 0 Å². The van der Waals surface area contributed by atoms with Crippen LogP contribution in [-0.2, 0) is 10.0 Å². The largest absolute Gasteiger partial charge is 0.316 e. The maximum Gasteiger partial charge on any atom is 0.211 e. The second-order valence-corrected chi connectivity index (χ2v) is 7.34. The van der Waals surface area contributed by atoms with E-state index in [2.05, 4.69) is 17.1 Å². The molecule has 6 heteroatoms. The summed E-state index contributed by atoms with van der Waals surface area (Å²) < 4.78 is 24.4. The number of hydrogen-bond donors (Lipinski definition) is 1. The van der Waals surface area contributed by atoms with Gasteiger partial charge in [0.25, 0.3) is 0 Å². The molecule has 17 heavy (non-hydrogen) atoms. The summed E-state index contributed by atoms with van der Waals surface area (Å²) in [5.41, 5.74) is 0. The molecule has 0 aromatic carbocycles. The van der Waals surface area contributed by atoms with Crippen molar-refractivity contribution < 1.29 is 8.42 Å². The zero-order valence-corrected chi connectivity index (χ0v) is 11.5. The maximum absolute atomic E-state index is 11.4. The van der Waals surface area contributed by atoms with Gasteiger partial charge in [0, 0.05) is 32.7 Å². The molecule has 0 saturated carbocycles. The highest BCUT2D eigenvalue weighted by molar-refractivity contribution is 7.88. The van der Waals surface area contributed by atoms with Crippen LogP contribution in [0.1, 0.15) is 6.92 Å². The highest BCUT2D eigenvalue weighted by atomic mass is 32.2. The molecule has 2 fully saturated rings. The van der Waals surface area contributed by atoms with E-state index in [4.69, 9.17) is 0 Å². The third kappa shape index (κ3) is 3.40. The maximum atomic E-state index is 11.4. The molecule has 0 aromatic heterocycles. The molecule has 0 unspecified atom stereocenters. The lowest BCUT2D eigenvalue weighted by atomic mass is 9.97. The van der Waals surface area contributed by atoms with Gasteiger partial charge in [-0.25, -0.2) is 8.42 Å². The van der Waals surface area contributed by atoms with Crippen molar-refractivity contribution in [2.75, 3.05) is 52.1 Å². The van der Waals surface area contributed by atoms with Gasteiger partial charge in [0.1, 0.15) is 0 Å². The molecule has 2 aliphatic rings. The summed E-state index contributed by atoms with van der Waals surface area (Å²) >= 11 is 0. The van der Waals surface area contributed by atoms with Gasteiger partial charge in [0.05, 0.1) is 6.26 Å². The molecule has 0 aromatic rings. The summed E-state index contributed by atoms with van der Waals surface area (Å²) in [6.07, 6.45) is 1.30. The first kappa shape index (κ1) is 13.3. The minimum Gasteiger partial charge on any atom is -0.316 e. The average molecular weight is 261 g/mol. The molecule has 0 radical (unpaired) electrons. The van der Waals surface area contributed by atoms with Crippen LogP contribution in [-0.4, -0.2) is 69.7 Å². The van der Waals surface area contributed by atoms with Crippen LogP contribution in [0.15, 0.2) is 0 Å². The fourth-order valence-corrected chi connectivity index (χ4v) is 3.51. The Labute approximate surface area is 104 Å². The summed E-state index contributed by atoms with van der Waals surface area (Å²) in [5.74, 6) is 1.46. The summed E-state index contributed by atoms with van der Waals surface area (Å²) in [4.78, 5) is 2.40. The van der Waals surface area contributed by atoms with Crippen LogP contribution >= 0.6 is 0 Å². The van der Waals surface area contributed by atoms with E-state index in [1.807, 2.05) is 0 Å². The van der Waals surface area contributed by atoms with Crippen LogP contribution in [0.2, 0.25) is 0 Å². The Kier molecular flexibility index (Phi) is 4.07. The molecule has 2 aliphatic heterocycles. The number of sulfonamides is 1. The molecule has 0 amide bonds. The molecule has 0 spiro atoms. The first-order chi connectivity index (χ1) is 7.97. The first-order valence-corrected chi connectivity index (χ1v) is 8.20. The van der Waals surface area contributed by atoms with Crippen molar-refractivity contribution in [3.05, 3.63) is 0 Å². The van der Waals surface area contributed by atoms with Crippen molar-refractivity contribution in [2.45, 2.75) is 6.92 Å². The number of nitrogens with one attached hydrogen (secondary N) is 1. The van der Waals surface area contributed by atoms with Crippen LogP contribution in [0.5, 0.6) is 0 Å². The standard InChI is InChI=1S/C11H23N3O2S/c1-10-7-12-8-11(10)9-13-3-5-14(6-4-13)17(2,15)16/h10-12H,3-9H2,1-2H3/t10-,11+/m1/s1. The van der Waals surface area contributed by atoms with Crippen molar-refractivity contribution in [2.24, 2.45) is 11.8 Å². The van der Waals surface area contributed by atoms with Crippen LogP contribution < -0.4 is 5.32 Å². The van der Waals surface area contributed by atoms with Gasteiger partial charge >= 0.3 is 0 Å². The normalized spacial score (nSPS) is 33.1.